The standard InChI is InChI=1S/C12H17N3O/c1-14-12(16)15(11-6-7-11)10-4-2-9(8-13)3-5-10/h2-5,11H,6-8,13H2,1H3,(H,14,16). The van der Waals surface area contributed by atoms with Crippen LogP contribution in [-0.4, -0.2) is 19.1 Å². The Bertz CT molecular complexity index is 370. The number of amides is 2. The van der Waals surface area contributed by atoms with Gasteiger partial charge in [0.15, 0.2) is 0 Å². The van der Waals surface area contributed by atoms with Gasteiger partial charge in [0.2, 0.25) is 0 Å². The zero-order valence-corrected chi connectivity index (χ0v) is 9.44. The van der Waals surface area contributed by atoms with Gasteiger partial charge in [0, 0.05) is 25.3 Å². The molecule has 1 saturated carbocycles. The zero-order chi connectivity index (χ0) is 11.5. The van der Waals surface area contributed by atoms with E-state index in [0.29, 0.717) is 12.6 Å². The lowest BCUT2D eigenvalue weighted by Crippen LogP contribution is -2.39. The number of rotatable bonds is 3. The number of carbonyl (C=O) groups is 1. The Kier molecular flexibility index (Phi) is 3.10. The lowest BCUT2D eigenvalue weighted by Gasteiger charge is -2.22. The summed E-state index contributed by atoms with van der Waals surface area (Å²) in [6, 6.07) is 8.17. The minimum Gasteiger partial charge on any atom is -0.341 e. The summed E-state index contributed by atoms with van der Waals surface area (Å²) in [6.45, 7) is 0.531. The molecule has 1 aromatic carbocycles. The summed E-state index contributed by atoms with van der Waals surface area (Å²) in [7, 11) is 1.66. The van der Waals surface area contributed by atoms with E-state index in [1.807, 2.05) is 29.2 Å². The van der Waals surface area contributed by atoms with Crippen LogP contribution in [0.25, 0.3) is 0 Å². The molecule has 1 aliphatic rings. The predicted octanol–water partition coefficient (Wildman–Crippen LogP) is 1.45. The summed E-state index contributed by atoms with van der Waals surface area (Å²) in [5.41, 5.74) is 7.56. The average Bonchev–Trinajstić information content (AvgIpc) is 3.14. The number of anilines is 1. The molecule has 0 radical (unpaired) electrons. The highest BCUT2D eigenvalue weighted by Gasteiger charge is 2.33. The van der Waals surface area contributed by atoms with Gasteiger partial charge in [-0.3, -0.25) is 4.90 Å². The number of hydrogen-bond donors (Lipinski definition) is 2. The predicted molar refractivity (Wildman–Crippen MR) is 64.3 cm³/mol. The summed E-state index contributed by atoms with van der Waals surface area (Å²) in [6.07, 6.45) is 2.18. The number of nitrogens with one attached hydrogen (secondary N) is 1. The van der Waals surface area contributed by atoms with Crippen LogP contribution in [0, 0.1) is 0 Å². The van der Waals surface area contributed by atoms with Crippen LogP contribution in [0.1, 0.15) is 18.4 Å². The molecule has 0 saturated heterocycles. The van der Waals surface area contributed by atoms with Crippen LogP contribution in [0.5, 0.6) is 0 Å². The molecule has 0 spiro atoms. The second-order valence-corrected chi connectivity index (χ2v) is 4.03. The highest BCUT2D eigenvalue weighted by atomic mass is 16.2. The van der Waals surface area contributed by atoms with Crippen LogP contribution in [0.4, 0.5) is 10.5 Å². The van der Waals surface area contributed by atoms with Gasteiger partial charge in [0.25, 0.3) is 0 Å². The van der Waals surface area contributed by atoms with E-state index in [9.17, 15) is 4.79 Å². The van der Waals surface area contributed by atoms with Crippen molar-refractivity contribution < 1.29 is 4.79 Å². The smallest absolute Gasteiger partial charge is 0.321 e. The van der Waals surface area contributed by atoms with E-state index in [2.05, 4.69) is 5.32 Å². The summed E-state index contributed by atoms with van der Waals surface area (Å²) in [4.78, 5) is 13.6. The molecule has 16 heavy (non-hydrogen) atoms. The van der Waals surface area contributed by atoms with Crippen LogP contribution >= 0.6 is 0 Å². The van der Waals surface area contributed by atoms with Gasteiger partial charge in [-0.1, -0.05) is 12.1 Å². The summed E-state index contributed by atoms with van der Waals surface area (Å²) >= 11 is 0. The van der Waals surface area contributed by atoms with Crippen molar-refractivity contribution in [3.05, 3.63) is 29.8 Å². The molecule has 0 aliphatic heterocycles. The molecule has 86 valence electrons. The van der Waals surface area contributed by atoms with Crippen molar-refractivity contribution in [2.75, 3.05) is 11.9 Å². The van der Waals surface area contributed by atoms with Gasteiger partial charge in [-0.25, -0.2) is 4.79 Å². The van der Waals surface area contributed by atoms with Gasteiger partial charge < -0.3 is 11.1 Å². The monoisotopic (exact) mass is 219 g/mol. The molecule has 4 heteroatoms. The normalized spacial score (nSPS) is 14.6. The molecule has 0 unspecified atom stereocenters. The SMILES string of the molecule is CNC(=O)N(c1ccc(CN)cc1)C1CC1. The van der Waals surface area contributed by atoms with Crippen LogP contribution in [0.2, 0.25) is 0 Å². The molecule has 3 N–H and O–H groups in total. The van der Waals surface area contributed by atoms with E-state index < -0.39 is 0 Å². The van der Waals surface area contributed by atoms with Gasteiger partial charge in [0.05, 0.1) is 0 Å². The topological polar surface area (TPSA) is 58.4 Å². The number of carbonyl (C=O) groups excluding carboxylic acids is 1. The van der Waals surface area contributed by atoms with Gasteiger partial charge in [-0.15, -0.1) is 0 Å². The Morgan fingerprint density at radius 1 is 1.44 bits per heavy atom. The lowest BCUT2D eigenvalue weighted by atomic mass is 10.2. The number of nitrogens with two attached hydrogens (primary N) is 1. The third-order valence-electron chi connectivity index (χ3n) is 2.79. The molecular weight excluding hydrogens is 202 g/mol. The first-order valence-corrected chi connectivity index (χ1v) is 5.56. The van der Waals surface area contributed by atoms with Crippen LogP contribution in [0.15, 0.2) is 24.3 Å². The number of benzene rings is 1. The first-order valence-electron chi connectivity index (χ1n) is 5.56. The highest BCUT2D eigenvalue weighted by molar-refractivity contribution is 5.92. The van der Waals surface area contributed by atoms with E-state index in [4.69, 9.17) is 5.73 Å². The third-order valence-corrected chi connectivity index (χ3v) is 2.79. The Morgan fingerprint density at radius 3 is 2.50 bits per heavy atom. The largest absolute Gasteiger partial charge is 0.341 e. The van der Waals surface area contributed by atoms with Gasteiger partial charge in [-0.05, 0) is 30.5 Å². The first-order chi connectivity index (χ1) is 7.76. The third kappa shape index (κ3) is 2.17. The molecule has 2 rings (SSSR count). The van der Waals surface area contributed by atoms with E-state index >= 15 is 0 Å². The molecule has 0 atom stereocenters. The quantitative estimate of drug-likeness (QED) is 0.808. The maximum absolute atomic E-state index is 11.7. The summed E-state index contributed by atoms with van der Waals surface area (Å²) < 4.78 is 0. The molecule has 2 amide bonds. The second-order valence-electron chi connectivity index (χ2n) is 4.03. The minimum absolute atomic E-state index is 0.0389. The summed E-state index contributed by atoms with van der Waals surface area (Å²) in [5.74, 6) is 0. The Labute approximate surface area is 95.4 Å². The van der Waals surface area contributed by atoms with Gasteiger partial charge in [0.1, 0.15) is 0 Å². The van der Waals surface area contributed by atoms with E-state index in [0.717, 1.165) is 24.1 Å². The lowest BCUT2D eigenvalue weighted by molar-refractivity contribution is 0.248. The molecule has 0 heterocycles. The van der Waals surface area contributed by atoms with Crippen molar-refractivity contribution in [3.8, 4) is 0 Å². The van der Waals surface area contributed by atoms with Crippen molar-refractivity contribution in [1.29, 1.82) is 0 Å². The van der Waals surface area contributed by atoms with Crippen LogP contribution in [0.3, 0.4) is 0 Å². The molecule has 1 fully saturated rings. The van der Waals surface area contributed by atoms with Crippen molar-refractivity contribution >= 4 is 11.7 Å². The van der Waals surface area contributed by atoms with Crippen molar-refractivity contribution in [3.63, 3.8) is 0 Å². The van der Waals surface area contributed by atoms with Crippen LogP contribution in [-0.2, 0) is 6.54 Å². The second kappa shape index (κ2) is 4.53. The van der Waals surface area contributed by atoms with E-state index in [1.54, 1.807) is 7.05 Å². The number of hydrogen-bond acceptors (Lipinski definition) is 2. The Balaban J connectivity index is 2.21. The Morgan fingerprint density at radius 2 is 2.06 bits per heavy atom. The number of nitrogens with zero attached hydrogens (tertiary/aromatic N) is 1. The minimum atomic E-state index is -0.0389. The van der Waals surface area contributed by atoms with Crippen molar-refractivity contribution in [2.24, 2.45) is 5.73 Å². The van der Waals surface area contributed by atoms with Gasteiger partial charge >= 0.3 is 6.03 Å². The van der Waals surface area contributed by atoms with Crippen LogP contribution < -0.4 is 16.0 Å². The molecule has 0 bridgehead atoms. The molecule has 1 aromatic rings. The molecule has 1 aliphatic carbocycles. The van der Waals surface area contributed by atoms with Gasteiger partial charge in [-0.2, -0.15) is 0 Å². The molecule has 4 nitrogen and oxygen atoms in total. The highest BCUT2D eigenvalue weighted by Crippen LogP contribution is 2.31. The Hall–Kier alpha value is -1.55. The fraction of sp³-hybridized carbons (Fsp3) is 0.417. The first kappa shape index (κ1) is 11.0. The fourth-order valence-corrected chi connectivity index (χ4v) is 1.74. The maximum atomic E-state index is 11.7. The van der Waals surface area contributed by atoms with Crippen molar-refractivity contribution in [2.45, 2.75) is 25.4 Å². The van der Waals surface area contributed by atoms with Crippen molar-refractivity contribution in [1.82, 2.24) is 5.32 Å². The maximum Gasteiger partial charge on any atom is 0.321 e. The number of urea groups is 1. The van der Waals surface area contributed by atoms with E-state index in [1.165, 1.54) is 0 Å². The summed E-state index contributed by atoms with van der Waals surface area (Å²) in [5, 5.41) is 2.68. The average molecular weight is 219 g/mol. The van der Waals surface area contributed by atoms with E-state index in [-0.39, 0.29) is 6.03 Å². The fourth-order valence-electron chi connectivity index (χ4n) is 1.74. The molecule has 0 aromatic heterocycles. The molecular formula is C12H17N3O. The zero-order valence-electron chi connectivity index (χ0n) is 9.44.